The van der Waals surface area contributed by atoms with Gasteiger partial charge in [0.2, 0.25) is 5.78 Å². The normalized spacial score (nSPS) is 11.9. The number of aromatic nitrogens is 14. The minimum atomic E-state index is -0.396. The van der Waals surface area contributed by atoms with Crippen LogP contribution in [0.15, 0.2) is 511 Å². The first kappa shape index (κ1) is 81.7. The molecule has 0 unspecified atom stereocenters. The topological polar surface area (TPSA) is 172 Å². The second-order valence-corrected chi connectivity index (χ2v) is 36.0. The van der Waals surface area contributed by atoms with Gasteiger partial charge in [-0.2, -0.15) is 0 Å². The summed E-state index contributed by atoms with van der Waals surface area (Å²) in [6, 6.07) is 138. The third-order valence-electron chi connectivity index (χ3n) is 27.5. The molecule has 14 nitrogen and oxygen atoms in total. The minimum absolute atomic E-state index is 0.175. The van der Waals surface area contributed by atoms with E-state index in [0.29, 0.717) is 34.3 Å². The zero-order valence-electron chi connectivity index (χ0n) is 83.9. The molecule has 0 spiro atoms. The summed E-state index contributed by atoms with van der Waals surface area (Å²) in [4.78, 5) is 61.0. The molecule has 147 heavy (non-hydrogen) atoms. The van der Waals surface area contributed by atoms with Crippen LogP contribution in [0.25, 0.3) is 269 Å². The molecule has 0 saturated heterocycles. The highest BCUT2D eigenvalue weighted by Gasteiger charge is 2.23. The van der Waals surface area contributed by atoms with E-state index in [1.54, 1.807) is 18.6 Å². The molecule has 14 heteroatoms. The van der Waals surface area contributed by atoms with Crippen LogP contribution in [0.3, 0.4) is 0 Å². The summed E-state index contributed by atoms with van der Waals surface area (Å²) in [6.45, 7) is 0. The van der Waals surface area contributed by atoms with Crippen molar-refractivity contribution in [3.8, 4) is 101 Å². The maximum atomic E-state index is 8.42. The van der Waals surface area contributed by atoms with Crippen molar-refractivity contribution in [2.75, 3.05) is 0 Å². The van der Waals surface area contributed by atoms with Crippen molar-refractivity contribution < 1.29 is 6.85 Å². The van der Waals surface area contributed by atoms with Crippen LogP contribution in [-0.4, -0.2) is 69.2 Å². The van der Waals surface area contributed by atoms with Crippen LogP contribution >= 0.6 is 0 Å². The molecule has 0 aliphatic rings. The van der Waals surface area contributed by atoms with Gasteiger partial charge in [-0.1, -0.05) is 346 Å². The van der Waals surface area contributed by atoms with E-state index in [0.717, 1.165) is 132 Å². The molecule has 30 rings (SSSR count). The molecule has 0 atom stereocenters. The van der Waals surface area contributed by atoms with Gasteiger partial charge in [0.25, 0.3) is 0 Å². The molecule has 0 N–H and O–H groups in total. The monoisotopic (exact) mass is 1880 g/mol. The Morgan fingerprint density at radius 2 is 0.503 bits per heavy atom. The average molecular weight is 1880 g/mol. The number of imidazole rings is 1. The predicted molar refractivity (Wildman–Crippen MR) is 606 cm³/mol. The zero-order chi connectivity index (χ0) is 102. The Labute approximate surface area is 850 Å². The number of rotatable bonds is 9. The van der Waals surface area contributed by atoms with Crippen LogP contribution in [0, 0.1) is 0 Å². The highest BCUT2D eigenvalue weighted by atomic mass is 15.1. The Hall–Kier alpha value is -20.1. The average Bonchev–Trinajstić information content (AvgIpc) is 0.875. The number of fused-ring (bicyclic) bond motifs is 26. The minimum Gasteiger partial charge on any atom is -0.291 e. The van der Waals surface area contributed by atoms with Crippen LogP contribution in [0.1, 0.15) is 6.85 Å². The van der Waals surface area contributed by atoms with Gasteiger partial charge in [-0.15, -0.1) is 0 Å². The third kappa shape index (κ3) is 16.5. The molecule has 0 aliphatic carbocycles. The molecule has 30 aromatic rings. The fraction of sp³-hybridized carbons (Fsp3) is 0. The molecule has 0 aliphatic heterocycles. The third-order valence-corrected chi connectivity index (χ3v) is 27.5. The molecule has 686 valence electrons. The van der Waals surface area contributed by atoms with E-state index in [9.17, 15) is 0 Å². The number of pyridine rings is 8. The molecule has 0 fully saturated rings. The maximum Gasteiger partial charge on any atom is 0.234 e. The highest BCUT2D eigenvalue weighted by molar-refractivity contribution is 6.25. The Balaban J connectivity index is 0.0000000960. The van der Waals surface area contributed by atoms with Crippen molar-refractivity contribution in [2.45, 2.75) is 0 Å². The summed E-state index contributed by atoms with van der Waals surface area (Å²) in [7, 11) is 0. The van der Waals surface area contributed by atoms with Gasteiger partial charge >= 0.3 is 0 Å². The SMILES string of the molecule is [2H]c1c([2H])c([2H])c(-c2cc3c4ccccc4ccc3c3cccnc23)c([2H])c1[2H].c1ccc(-c2cc3c4ccccc4ccc3c3cccnc23)cc1.c1ccc(-c2nc(-c3ccccc3)nc(-c3cc4c5ccccc5ccc4c4cccnc34)n2)cc1.c1ccc2c(c1)ccc1c3cccnc3c(-c3ccc(-c4cn5cccnc5n4)cn3)cc21.c1cncc(-c2ccc(-c3cc4c5ccccc5ccc4c4cccnc34)nc2)c1. The second-order valence-electron chi connectivity index (χ2n) is 36.0. The summed E-state index contributed by atoms with van der Waals surface area (Å²) in [6.07, 6.45) is 22.1. The van der Waals surface area contributed by atoms with Crippen LogP contribution in [-0.2, 0) is 0 Å². The lowest BCUT2D eigenvalue weighted by Crippen LogP contribution is -2.01. The zero-order valence-corrected chi connectivity index (χ0v) is 78.9. The van der Waals surface area contributed by atoms with E-state index in [2.05, 4.69) is 274 Å². The van der Waals surface area contributed by atoms with Crippen molar-refractivity contribution in [2.24, 2.45) is 0 Å². The van der Waals surface area contributed by atoms with Crippen molar-refractivity contribution in [1.82, 2.24) is 69.2 Å². The Bertz CT molecular complexity index is 10600. The van der Waals surface area contributed by atoms with Gasteiger partial charge in [0.05, 0.1) is 51.5 Å². The summed E-state index contributed by atoms with van der Waals surface area (Å²) in [5, 5.41) is 29.2. The number of nitrogens with zero attached hydrogens (tertiary/aromatic N) is 14. The van der Waals surface area contributed by atoms with Gasteiger partial charge in [0, 0.05) is 157 Å². The summed E-state index contributed by atoms with van der Waals surface area (Å²) in [5.41, 5.74) is 18.2. The first-order valence-corrected chi connectivity index (χ1v) is 48.6. The molecule has 0 bridgehead atoms. The maximum absolute atomic E-state index is 8.42. The van der Waals surface area contributed by atoms with E-state index in [-0.39, 0.29) is 29.7 Å². The Morgan fingerprint density at radius 3 is 0.891 bits per heavy atom. The van der Waals surface area contributed by atoms with Crippen LogP contribution in [0.4, 0.5) is 0 Å². The predicted octanol–water partition coefficient (Wildman–Crippen LogP) is 33.1. The standard InChI is InChI=1S/C32H20N4.C28H17N5.C27H17N3.2C23H15N/c1-3-11-22(12-4-1)30-34-31(23-13-5-2-6-14-23)36-32(35-30)28-20-27-24-15-8-7-10-21(24)17-18-25(27)26-16-9-19-33-29(26)28;1-2-6-20-18(5-1)8-10-21-22-7-3-12-29-27(22)24(15-23(20)21)25-11-9-19(16-31-25)26-17-33-14-4-13-30-28(33)32-26;1-2-7-21-18(5-1)9-11-22-23-8-4-14-29-27(23)25(15-24(21)22)26-12-10-20(17-30-26)19-6-3-13-28-16-19;2*1-2-7-16(8-3-1)21-15-22-18-10-5-4-9-17(18)12-13-19(22)20-11-6-14-24-23(20)21/h1-20H;1-17H;1-17H;2*1-15H/i;;;1D,2D,3D,7D,8D;. The fourth-order valence-electron chi connectivity index (χ4n) is 20.5. The van der Waals surface area contributed by atoms with E-state index >= 15 is 0 Å². The smallest absolute Gasteiger partial charge is 0.234 e. The van der Waals surface area contributed by atoms with Gasteiger partial charge in [0.1, 0.15) is 0 Å². The van der Waals surface area contributed by atoms with E-state index in [4.69, 9.17) is 46.7 Å². The lowest BCUT2D eigenvalue weighted by Gasteiger charge is -2.13. The number of benzene rings is 19. The highest BCUT2D eigenvalue weighted by Crippen LogP contribution is 2.45. The van der Waals surface area contributed by atoms with Crippen molar-refractivity contribution in [3.63, 3.8) is 0 Å². The quantitative estimate of drug-likeness (QED) is 0.125. The molecular weight excluding hydrogens is 1790 g/mol. The largest absolute Gasteiger partial charge is 0.291 e. The number of hydrogen-bond donors (Lipinski definition) is 0. The molecule has 11 aromatic heterocycles. The molecule has 0 amide bonds. The molecule has 0 radical (unpaired) electrons. The van der Waals surface area contributed by atoms with Crippen molar-refractivity contribution in [1.29, 1.82) is 0 Å². The van der Waals surface area contributed by atoms with Crippen LogP contribution < -0.4 is 0 Å². The molecule has 11 heterocycles. The first-order valence-electron chi connectivity index (χ1n) is 51.1. The van der Waals surface area contributed by atoms with Crippen LogP contribution in [0.2, 0.25) is 0 Å². The van der Waals surface area contributed by atoms with Gasteiger partial charge < -0.3 is 0 Å². The van der Waals surface area contributed by atoms with E-state index in [1.165, 1.54) is 97.3 Å². The van der Waals surface area contributed by atoms with Gasteiger partial charge in [-0.25, -0.2) is 24.9 Å². The summed E-state index contributed by atoms with van der Waals surface area (Å²) < 4.78 is 42.8. The second kappa shape index (κ2) is 38.2. The van der Waals surface area contributed by atoms with Gasteiger partial charge in [-0.05, 0) is 210 Å². The van der Waals surface area contributed by atoms with Crippen LogP contribution in [0.5, 0.6) is 0 Å². The molecule has 0 saturated carbocycles. The molecule has 19 aromatic carbocycles. The number of hydrogen-bond acceptors (Lipinski definition) is 13. The van der Waals surface area contributed by atoms with Gasteiger partial charge in [-0.3, -0.25) is 44.3 Å². The van der Waals surface area contributed by atoms with Crippen molar-refractivity contribution in [3.05, 3.63) is 511 Å². The Kier molecular flexibility index (Phi) is 21.2. The fourth-order valence-corrected chi connectivity index (χ4v) is 20.5. The van der Waals surface area contributed by atoms with Gasteiger partial charge in [0.15, 0.2) is 17.5 Å². The lowest BCUT2D eigenvalue weighted by atomic mass is 9.93. The Morgan fingerprint density at radius 1 is 0.184 bits per heavy atom. The molecular formula is C133H84N14. The summed E-state index contributed by atoms with van der Waals surface area (Å²) in [5.74, 6) is 2.57. The van der Waals surface area contributed by atoms with E-state index < -0.39 is 6.04 Å². The summed E-state index contributed by atoms with van der Waals surface area (Å²) >= 11 is 0. The lowest BCUT2D eigenvalue weighted by molar-refractivity contribution is 1.08. The van der Waals surface area contributed by atoms with E-state index in [1.807, 2.05) is 218 Å². The first-order chi connectivity index (χ1) is 75.0. The van der Waals surface area contributed by atoms with Crippen molar-refractivity contribution >= 4 is 168 Å².